The second kappa shape index (κ2) is 9.76. The van der Waals surface area contributed by atoms with E-state index in [-0.39, 0.29) is 22.9 Å². The van der Waals surface area contributed by atoms with E-state index in [0.29, 0.717) is 33.5 Å². The highest BCUT2D eigenvalue weighted by atomic mass is 35.5. The number of benzene rings is 2. The van der Waals surface area contributed by atoms with Crippen molar-refractivity contribution >= 4 is 22.5 Å². The molecule has 0 fully saturated rings. The normalized spacial score (nSPS) is 13.3. The predicted molar refractivity (Wildman–Crippen MR) is 131 cm³/mol. The third-order valence-electron chi connectivity index (χ3n) is 6.15. The lowest BCUT2D eigenvalue weighted by Gasteiger charge is -2.32. The van der Waals surface area contributed by atoms with E-state index in [0.717, 1.165) is 12.5 Å². The number of alkyl halides is 3. The van der Waals surface area contributed by atoms with Crippen molar-refractivity contribution in [2.45, 2.75) is 32.0 Å². The number of ether oxygens (including phenoxy) is 1. The fraction of sp³-hybridized carbons (Fsp3) is 0.222. The van der Waals surface area contributed by atoms with Gasteiger partial charge in [0.1, 0.15) is 23.8 Å². The SMILES string of the molecule is Cc1cc([C@](C)(CO)C(F)(F)F)c(Cl)cc1-c1cc(OCc2ccccc2)c2c(C#N)nccc2n1. The monoisotopic (exact) mass is 511 g/mol. The lowest BCUT2D eigenvalue weighted by atomic mass is 9.81. The van der Waals surface area contributed by atoms with Crippen molar-refractivity contribution in [3.63, 3.8) is 0 Å². The zero-order valence-electron chi connectivity index (χ0n) is 19.4. The number of aryl methyl sites for hydroxylation is 1. The van der Waals surface area contributed by atoms with Gasteiger partial charge in [-0.15, -0.1) is 0 Å². The van der Waals surface area contributed by atoms with Crippen LogP contribution >= 0.6 is 11.6 Å². The van der Waals surface area contributed by atoms with E-state index < -0.39 is 18.2 Å². The van der Waals surface area contributed by atoms with Crippen LogP contribution in [0, 0.1) is 18.3 Å². The van der Waals surface area contributed by atoms with Gasteiger partial charge in [-0.2, -0.15) is 18.4 Å². The number of pyridine rings is 2. The fourth-order valence-electron chi connectivity index (χ4n) is 3.93. The Balaban J connectivity index is 1.86. The van der Waals surface area contributed by atoms with E-state index in [1.54, 1.807) is 19.1 Å². The molecule has 9 heteroatoms. The zero-order valence-corrected chi connectivity index (χ0v) is 20.2. The molecule has 0 saturated heterocycles. The first kappa shape index (κ1) is 25.4. The van der Waals surface area contributed by atoms with Crippen molar-refractivity contribution in [1.29, 1.82) is 5.26 Å². The third-order valence-corrected chi connectivity index (χ3v) is 6.47. The first-order chi connectivity index (χ1) is 17.1. The van der Waals surface area contributed by atoms with Gasteiger partial charge in [0, 0.05) is 22.8 Å². The summed E-state index contributed by atoms with van der Waals surface area (Å²) < 4.78 is 47.4. The van der Waals surface area contributed by atoms with Crippen molar-refractivity contribution in [2.75, 3.05) is 6.61 Å². The quantitative estimate of drug-likeness (QED) is 0.319. The minimum atomic E-state index is -4.71. The van der Waals surface area contributed by atoms with Crippen molar-refractivity contribution in [2.24, 2.45) is 0 Å². The van der Waals surface area contributed by atoms with Crippen LogP contribution < -0.4 is 4.74 Å². The Labute approximate surface area is 210 Å². The van der Waals surface area contributed by atoms with Gasteiger partial charge in [0.25, 0.3) is 0 Å². The molecule has 2 aromatic carbocycles. The molecule has 0 aliphatic heterocycles. The summed E-state index contributed by atoms with van der Waals surface area (Å²) in [5.74, 6) is 0.360. The molecular weight excluding hydrogens is 491 g/mol. The Kier molecular flexibility index (Phi) is 6.90. The number of aliphatic hydroxyl groups excluding tert-OH is 1. The number of hydrogen-bond donors (Lipinski definition) is 1. The van der Waals surface area contributed by atoms with E-state index in [2.05, 4.69) is 16.0 Å². The van der Waals surface area contributed by atoms with Crippen LogP contribution in [0.25, 0.3) is 22.2 Å². The first-order valence-electron chi connectivity index (χ1n) is 10.9. The third kappa shape index (κ3) is 4.60. The minimum Gasteiger partial charge on any atom is -0.488 e. The molecule has 0 amide bonds. The molecule has 0 aliphatic rings. The molecule has 0 saturated carbocycles. The molecule has 5 nitrogen and oxygen atoms in total. The molecule has 0 unspecified atom stereocenters. The van der Waals surface area contributed by atoms with Crippen LogP contribution in [0.1, 0.15) is 29.3 Å². The summed E-state index contributed by atoms with van der Waals surface area (Å²) in [7, 11) is 0. The van der Waals surface area contributed by atoms with Crippen molar-refractivity contribution in [1.82, 2.24) is 9.97 Å². The summed E-state index contributed by atoms with van der Waals surface area (Å²) in [6.07, 6.45) is -3.25. The van der Waals surface area contributed by atoms with E-state index >= 15 is 0 Å². The van der Waals surface area contributed by atoms with Gasteiger partial charge in [0.05, 0.1) is 23.2 Å². The number of rotatable bonds is 6. The molecular formula is C27H21ClF3N3O2. The number of aromatic nitrogens is 2. The average molecular weight is 512 g/mol. The van der Waals surface area contributed by atoms with E-state index in [4.69, 9.17) is 16.3 Å². The Hall–Kier alpha value is -3.67. The molecule has 0 spiro atoms. The Morgan fingerprint density at radius 2 is 1.83 bits per heavy atom. The van der Waals surface area contributed by atoms with Gasteiger partial charge < -0.3 is 9.84 Å². The lowest BCUT2D eigenvalue weighted by molar-refractivity contribution is -0.195. The van der Waals surface area contributed by atoms with Crippen molar-refractivity contribution in [3.05, 3.63) is 88.2 Å². The number of hydrogen-bond acceptors (Lipinski definition) is 5. The zero-order chi connectivity index (χ0) is 26.1. The van der Waals surface area contributed by atoms with Crippen LogP contribution in [0.4, 0.5) is 13.2 Å². The van der Waals surface area contributed by atoms with Gasteiger partial charge in [-0.3, -0.25) is 0 Å². The molecule has 0 aliphatic carbocycles. The molecule has 2 heterocycles. The van der Waals surface area contributed by atoms with Gasteiger partial charge in [0.15, 0.2) is 5.69 Å². The number of aliphatic hydroxyl groups is 1. The number of fused-ring (bicyclic) bond motifs is 1. The standard InChI is InChI=1S/C27H21ClF3N3O2/c1-16-10-19(26(2,15-35)27(29,30)31)20(28)11-18(16)22-12-24(36-14-17-6-4-3-5-7-17)25-21(34-22)8-9-33-23(25)13-32/h3-12,35H,14-15H2,1-2H3/t26-/m0/s1. The Bertz CT molecular complexity index is 1470. The molecule has 0 radical (unpaired) electrons. The van der Waals surface area contributed by atoms with Crippen LogP contribution in [-0.2, 0) is 12.0 Å². The van der Waals surface area contributed by atoms with Gasteiger partial charge in [0.2, 0.25) is 0 Å². The maximum atomic E-state index is 13.8. The number of nitriles is 1. The maximum absolute atomic E-state index is 13.8. The topological polar surface area (TPSA) is 79.0 Å². The smallest absolute Gasteiger partial charge is 0.400 e. The van der Waals surface area contributed by atoms with Crippen LogP contribution in [0.5, 0.6) is 5.75 Å². The van der Waals surface area contributed by atoms with Gasteiger partial charge in [-0.25, -0.2) is 9.97 Å². The second-order valence-corrected chi connectivity index (χ2v) is 8.99. The van der Waals surface area contributed by atoms with Crippen LogP contribution in [-0.4, -0.2) is 27.9 Å². The molecule has 0 bridgehead atoms. The van der Waals surface area contributed by atoms with Gasteiger partial charge >= 0.3 is 6.18 Å². The van der Waals surface area contributed by atoms with Crippen LogP contribution in [0.15, 0.2) is 60.8 Å². The maximum Gasteiger partial charge on any atom is 0.400 e. The van der Waals surface area contributed by atoms with E-state index in [1.807, 2.05) is 30.3 Å². The molecule has 4 aromatic rings. The summed E-state index contributed by atoms with van der Waals surface area (Å²) >= 11 is 6.34. The molecule has 4 rings (SSSR count). The second-order valence-electron chi connectivity index (χ2n) is 8.58. The highest BCUT2D eigenvalue weighted by molar-refractivity contribution is 6.31. The Morgan fingerprint density at radius 1 is 1.11 bits per heavy atom. The lowest BCUT2D eigenvalue weighted by Crippen LogP contribution is -2.43. The minimum absolute atomic E-state index is 0.142. The molecule has 1 N–H and O–H groups in total. The average Bonchev–Trinajstić information content (AvgIpc) is 2.87. The van der Waals surface area contributed by atoms with Crippen molar-refractivity contribution in [3.8, 4) is 23.1 Å². The summed E-state index contributed by atoms with van der Waals surface area (Å²) in [4.78, 5) is 8.74. The van der Waals surface area contributed by atoms with Crippen molar-refractivity contribution < 1.29 is 23.0 Å². The van der Waals surface area contributed by atoms with E-state index in [9.17, 15) is 23.5 Å². The van der Waals surface area contributed by atoms with Crippen LogP contribution in [0.3, 0.4) is 0 Å². The van der Waals surface area contributed by atoms with Crippen LogP contribution in [0.2, 0.25) is 5.02 Å². The Morgan fingerprint density at radius 3 is 2.47 bits per heavy atom. The molecule has 2 aromatic heterocycles. The molecule has 1 atom stereocenters. The predicted octanol–water partition coefficient (Wildman–Crippen LogP) is 6.52. The number of nitrogens with zero attached hydrogens (tertiary/aromatic N) is 3. The summed E-state index contributed by atoms with van der Waals surface area (Å²) in [5.41, 5.74) is 0.122. The summed E-state index contributed by atoms with van der Waals surface area (Å²) in [6.45, 7) is 1.63. The number of halogens is 4. The van der Waals surface area contributed by atoms with E-state index in [1.165, 1.54) is 18.3 Å². The highest BCUT2D eigenvalue weighted by Gasteiger charge is 2.53. The summed E-state index contributed by atoms with van der Waals surface area (Å²) in [6, 6.07) is 17.5. The summed E-state index contributed by atoms with van der Waals surface area (Å²) in [5, 5.41) is 19.5. The van der Waals surface area contributed by atoms with Gasteiger partial charge in [-0.05, 0) is 42.7 Å². The van der Waals surface area contributed by atoms with Gasteiger partial charge in [-0.1, -0.05) is 48.0 Å². The molecule has 184 valence electrons. The largest absolute Gasteiger partial charge is 0.488 e. The first-order valence-corrected chi connectivity index (χ1v) is 11.3. The fourth-order valence-corrected chi connectivity index (χ4v) is 4.30. The highest BCUT2D eigenvalue weighted by Crippen LogP contribution is 2.45. The molecule has 36 heavy (non-hydrogen) atoms.